The number of likely N-dealkylation sites (N-methyl/N-ethyl adjacent to an activating group) is 1. The molecule has 272 valence electrons. The van der Waals surface area contributed by atoms with E-state index < -0.39 is 29.6 Å². The number of carbonyl (C=O) groups excluding carboxylic acids is 4. The summed E-state index contributed by atoms with van der Waals surface area (Å²) in [7, 11) is 3.92. The highest BCUT2D eigenvalue weighted by Crippen LogP contribution is 2.42. The molecule has 1 aliphatic carbocycles. The molecule has 2 fully saturated rings. The van der Waals surface area contributed by atoms with Crippen LogP contribution in [-0.4, -0.2) is 109 Å². The molecule has 0 spiro atoms. The van der Waals surface area contributed by atoms with Gasteiger partial charge in [0.1, 0.15) is 17.1 Å². The number of fused-ring (bicyclic) bond motifs is 1. The molecule has 15 nitrogen and oxygen atoms in total. The molecule has 2 aliphatic heterocycles. The second-order valence-electron chi connectivity index (χ2n) is 12.3. The second-order valence-corrected chi connectivity index (χ2v) is 15.3. The Balaban J connectivity index is 0.00000325. The third kappa shape index (κ3) is 10.2. The average Bonchev–Trinajstić information content (AvgIpc) is 3.68. The molecule has 2 aromatic rings. The van der Waals surface area contributed by atoms with E-state index in [1.165, 1.54) is 39.8 Å². The van der Waals surface area contributed by atoms with Gasteiger partial charge in [-0.15, -0.1) is 53.0 Å². The van der Waals surface area contributed by atoms with Crippen LogP contribution in [0.25, 0.3) is 0 Å². The minimum absolute atomic E-state index is 0. The summed E-state index contributed by atoms with van der Waals surface area (Å²) in [6, 6.07) is -0.830. The number of halogens is 2. The van der Waals surface area contributed by atoms with Gasteiger partial charge in [-0.25, -0.2) is 14.5 Å². The highest BCUT2D eigenvalue weighted by atomic mass is 35.5. The Morgan fingerprint density at radius 2 is 1.90 bits per heavy atom. The number of nitrogens with one attached hydrogen (secondary N) is 1. The summed E-state index contributed by atoms with van der Waals surface area (Å²) in [5.74, 6) is -1.76. The molecule has 1 saturated carbocycles. The Hall–Kier alpha value is -2.64. The second kappa shape index (κ2) is 18.6. The summed E-state index contributed by atoms with van der Waals surface area (Å²) < 4.78 is 13.3. The van der Waals surface area contributed by atoms with Crippen LogP contribution < -0.4 is 11.1 Å². The maximum absolute atomic E-state index is 14.0. The molecule has 0 aromatic carbocycles. The number of hydrogen-bond donors (Lipinski definition) is 2. The van der Waals surface area contributed by atoms with E-state index in [2.05, 4.69) is 25.8 Å². The third-order valence-electron chi connectivity index (χ3n) is 8.04. The monoisotopic (exact) mass is 779 g/mol. The number of thiazole rings is 1. The summed E-state index contributed by atoms with van der Waals surface area (Å²) in [5.41, 5.74) is 6.95. The van der Waals surface area contributed by atoms with Crippen LogP contribution in [0.3, 0.4) is 0 Å². The van der Waals surface area contributed by atoms with Crippen LogP contribution in [-0.2, 0) is 41.6 Å². The average molecular weight is 781 g/mol. The zero-order chi connectivity index (χ0) is 33.7. The number of amides is 2. The van der Waals surface area contributed by atoms with Gasteiger partial charge in [-0.05, 0) is 42.9 Å². The van der Waals surface area contributed by atoms with Gasteiger partial charge >= 0.3 is 11.9 Å². The lowest BCUT2D eigenvalue weighted by atomic mass is 9.89. The normalized spacial score (nSPS) is 19.8. The van der Waals surface area contributed by atoms with Crippen molar-refractivity contribution in [3.63, 3.8) is 0 Å². The van der Waals surface area contributed by atoms with E-state index in [0.717, 1.165) is 38.6 Å². The Morgan fingerprint density at radius 1 is 1.16 bits per heavy atom. The molecule has 2 aromatic heterocycles. The lowest BCUT2D eigenvalue weighted by Crippen LogP contribution is -2.70. The molecule has 0 radical (unpaired) electrons. The Bertz CT molecular complexity index is 1500. The van der Waals surface area contributed by atoms with Gasteiger partial charge in [-0.1, -0.05) is 44.9 Å². The van der Waals surface area contributed by atoms with Gasteiger partial charge in [-0.3, -0.25) is 19.3 Å². The first-order chi connectivity index (χ1) is 22.5. The van der Waals surface area contributed by atoms with Crippen molar-refractivity contribution in [2.45, 2.75) is 81.8 Å². The molecule has 5 rings (SSSR count). The van der Waals surface area contributed by atoms with Gasteiger partial charge in [0.05, 0.1) is 24.6 Å². The summed E-state index contributed by atoms with van der Waals surface area (Å²) in [4.78, 5) is 60.8. The molecular weight excluding hydrogens is 737 g/mol. The zero-order valence-electron chi connectivity index (χ0n) is 27.7. The number of nitrogens with zero attached hydrogens (tertiary/aromatic N) is 7. The van der Waals surface area contributed by atoms with Gasteiger partial charge < -0.3 is 25.4 Å². The minimum atomic E-state index is -1.12. The first kappa shape index (κ1) is 40.8. The molecule has 0 bridgehead atoms. The van der Waals surface area contributed by atoms with Crippen molar-refractivity contribution < 1.29 is 28.7 Å². The minimum Gasteiger partial charge on any atom is -0.425 e. The molecular formula is C29H43Cl2N9O6S3. The topological polar surface area (TPSA) is 188 Å². The number of nitrogens with two attached hydrogens (primary N) is 1. The lowest BCUT2D eigenvalue weighted by Gasteiger charge is -2.49. The van der Waals surface area contributed by atoms with Crippen molar-refractivity contribution in [3.05, 3.63) is 22.3 Å². The van der Waals surface area contributed by atoms with E-state index in [0.29, 0.717) is 39.6 Å². The number of esters is 2. The van der Waals surface area contributed by atoms with Gasteiger partial charge in [-0.2, -0.15) is 0 Å². The van der Waals surface area contributed by atoms with Crippen LogP contribution in [0.5, 0.6) is 0 Å². The summed E-state index contributed by atoms with van der Waals surface area (Å²) in [6.45, 7) is 4.92. The van der Waals surface area contributed by atoms with E-state index in [1.54, 1.807) is 23.9 Å². The molecule has 20 heteroatoms. The van der Waals surface area contributed by atoms with Crippen LogP contribution in [0, 0.1) is 11.8 Å². The third-order valence-corrected chi connectivity index (χ3v) is 11.1. The van der Waals surface area contributed by atoms with E-state index in [9.17, 15) is 19.2 Å². The van der Waals surface area contributed by atoms with Gasteiger partial charge in [0.25, 0.3) is 5.91 Å². The molecule has 3 atom stereocenters. The van der Waals surface area contributed by atoms with Crippen molar-refractivity contribution in [2.24, 2.45) is 11.8 Å². The van der Waals surface area contributed by atoms with Gasteiger partial charge in [0.15, 0.2) is 5.13 Å². The number of ether oxygens (including phenoxy) is 2. The number of tetrazole rings is 1. The summed E-state index contributed by atoms with van der Waals surface area (Å²) in [6.07, 6.45) is 3.38. The molecule has 1 unspecified atom stereocenters. The molecule has 4 heterocycles. The molecule has 49 heavy (non-hydrogen) atoms. The first-order valence-electron chi connectivity index (χ1n) is 15.6. The standard InChI is InChI=1S/C29H41N9O6S3.2ClH/c1-16(2)27(43-25(41)17-8-6-5-7-9-17)44-26(42)22-18(14-47-29-33-34-35-37(29)11-10-36(3)4)13-45-24-21(23(40)38(22)24)32-20(39)12-19-15-46-28(30)31-19;;/h15-17,21,24,27H,5-14H2,1-4H3,(H2,30,31)(H,32,39);2*1H/t21-,24+,27?;;/m1../s1. The number of aromatic nitrogens is 5. The number of anilines is 1. The largest absolute Gasteiger partial charge is 0.425 e. The summed E-state index contributed by atoms with van der Waals surface area (Å²) >= 11 is 4.03. The van der Waals surface area contributed by atoms with Crippen molar-refractivity contribution in [1.29, 1.82) is 0 Å². The Labute approximate surface area is 310 Å². The molecule has 1 saturated heterocycles. The quantitative estimate of drug-likeness (QED) is 0.123. The van der Waals surface area contributed by atoms with Crippen LogP contribution in [0.15, 0.2) is 21.8 Å². The predicted octanol–water partition coefficient (Wildman–Crippen LogP) is 2.75. The van der Waals surface area contributed by atoms with E-state index >= 15 is 0 Å². The first-order valence-corrected chi connectivity index (χ1v) is 18.5. The van der Waals surface area contributed by atoms with Gasteiger partial charge in [0, 0.05) is 29.3 Å². The van der Waals surface area contributed by atoms with Crippen LogP contribution >= 0.6 is 59.7 Å². The van der Waals surface area contributed by atoms with Crippen molar-refractivity contribution in [3.8, 4) is 0 Å². The van der Waals surface area contributed by atoms with Crippen LogP contribution in [0.2, 0.25) is 0 Å². The Morgan fingerprint density at radius 3 is 2.55 bits per heavy atom. The SMILES string of the molecule is CC(C)C(OC(=O)C1=C(CSc2nnnn2CCN(C)C)CS[C@H]2[C@H](NC(=O)Cc3csc(N)n3)C(=O)N12)OC(=O)C1CCCCC1.Cl.Cl. The van der Waals surface area contributed by atoms with E-state index in [1.807, 2.05) is 19.0 Å². The zero-order valence-corrected chi connectivity index (χ0v) is 31.8. The molecule has 3 N–H and O–H groups in total. The van der Waals surface area contributed by atoms with E-state index in [4.69, 9.17) is 15.2 Å². The van der Waals surface area contributed by atoms with Gasteiger partial charge in [0.2, 0.25) is 17.4 Å². The van der Waals surface area contributed by atoms with Crippen molar-refractivity contribution >= 4 is 88.6 Å². The number of β-lactam (4-membered cyclic amide) rings is 1. The highest BCUT2D eigenvalue weighted by molar-refractivity contribution is 8.01. The summed E-state index contributed by atoms with van der Waals surface area (Å²) in [5, 5.41) is 16.9. The number of rotatable bonds is 14. The van der Waals surface area contributed by atoms with Crippen LogP contribution in [0.4, 0.5) is 5.13 Å². The number of hydrogen-bond acceptors (Lipinski definition) is 15. The number of nitrogen functional groups attached to an aromatic ring is 1. The van der Waals surface area contributed by atoms with Crippen molar-refractivity contribution in [1.82, 2.24) is 40.3 Å². The fraction of sp³-hybridized carbons (Fsp3) is 0.655. The Kier molecular flexibility index (Phi) is 15.4. The fourth-order valence-corrected chi connectivity index (χ4v) is 8.42. The lowest BCUT2D eigenvalue weighted by molar-refractivity contribution is -0.198. The number of thioether (sulfide) groups is 2. The maximum atomic E-state index is 14.0. The maximum Gasteiger partial charge on any atom is 0.358 e. The highest BCUT2D eigenvalue weighted by Gasteiger charge is 2.54. The smallest absolute Gasteiger partial charge is 0.358 e. The van der Waals surface area contributed by atoms with Crippen molar-refractivity contribution in [2.75, 3.05) is 37.9 Å². The predicted molar refractivity (Wildman–Crippen MR) is 191 cm³/mol. The fourth-order valence-electron chi connectivity index (χ4n) is 5.47. The van der Waals surface area contributed by atoms with Crippen LogP contribution in [0.1, 0.15) is 51.6 Å². The molecule has 3 aliphatic rings. The number of carbonyl (C=O) groups is 4. The van der Waals surface area contributed by atoms with E-state index in [-0.39, 0.29) is 60.6 Å². The molecule has 2 amide bonds.